The van der Waals surface area contributed by atoms with Crippen LogP contribution in [0.15, 0.2) is 0 Å². The van der Waals surface area contributed by atoms with Crippen LogP contribution < -0.4 is 5.32 Å². The number of nitrogens with zero attached hydrogens (tertiary/aromatic N) is 1. The highest BCUT2D eigenvalue weighted by Crippen LogP contribution is 2.38. The molecule has 0 aromatic rings. The first-order valence-electron chi connectivity index (χ1n) is 6.99. The second kappa shape index (κ2) is 4.58. The summed E-state index contributed by atoms with van der Waals surface area (Å²) in [5.74, 6) is 0.305. The lowest BCUT2D eigenvalue weighted by molar-refractivity contribution is -0.131. The van der Waals surface area contributed by atoms with E-state index in [9.17, 15) is 4.79 Å². The molecule has 3 saturated heterocycles. The predicted octanol–water partition coefficient (Wildman–Crippen LogP) is 1.25. The second-order valence-electron chi connectivity index (χ2n) is 5.54. The first-order chi connectivity index (χ1) is 8.29. The van der Waals surface area contributed by atoms with Crippen molar-refractivity contribution >= 4 is 5.91 Å². The van der Waals surface area contributed by atoms with Gasteiger partial charge in [-0.1, -0.05) is 19.8 Å². The Kier molecular flexibility index (Phi) is 3.09. The third-order valence-corrected chi connectivity index (χ3v) is 4.41. The molecule has 17 heavy (non-hydrogen) atoms. The number of ether oxygens (including phenoxy) is 1. The summed E-state index contributed by atoms with van der Waals surface area (Å²) >= 11 is 0. The number of hydrogen-bond acceptors (Lipinski definition) is 3. The Morgan fingerprint density at radius 1 is 1.47 bits per heavy atom. The highest BCUT2D eigenvalue weighted by Gasteiger charge is 2.47. The van der Waals surface area contributed by atoms with Crippen molar-refractivity contribution in [3.8, 4) is 0 Å². The molecular weight excluding hydrogens is 216 g/mol. The number of carbonyl (C=O) groups excluding carboxylic acids is 1. The van der Waals surface area contributed by atoms with E-state index < -0.39 is 0 Å². The van der Waals surface area contributed by atoms with Crippen LogP contribution in [-0.2, 0) is 9.53 Å². The van der Waals surface area contributed by atoms with E-state index >= 15 is 0 Å². The zero-order chi connectivity index (χ0) is 11.8. The van der Waals surface area contributed by atoms with Crippen molar-refractivity contribution in [2.75, 3.05) is 6.67 Å². The molecule has 3 aliphatic heterocycles. The number of nitrogens with one attached hydrogen (secondary N) is 1. The fourth-order valence-corrected chi connectivity index (χ4v) is 3.43. The molecule has 3 aliphatic rings. The lowest BCUT2D eigenvalue weighted by Crippen LogP contribution is -2.44. The molecule has 0 aromatic carbocycles. The minimum absolute atomic E-state index is 0.0640. The molecule has 0 aromatic heterocycles. The van der Waals surface area contributed by atoms with Gasteiger partial charge < -0.3 is 9.64 Å². The van der Waals surface area contributed by atoms with E-state index in [1.165, 1.54) is 6.42 Å². The number of hydrogen-bond donors (Lipinski definition) is 1. The molecule has 96 valence electrons. The molecule has 1 amide bonds. The minimum Gasteiger partial charge on any atom is -0.373 e. The van der Waals surface area contributed by atoms with Crippen molar-refractivity contribution in [1.82, 2.24) is 10.2 Å². The smallest absolute Gasteiger partial charge is 0.241 e. The van der Waals surface area contributed by atoms with Crippen molar-refractivity contribution < 1.29 is 9.53 Å². The Hall–Kier alpha value is -0.610. The van der Waals surface area contributed by atoms with Gasteiger partial charge >= 0.3 is 0 Å². The molecule has 0 aliphatic carbocycles. The lowest BCUT2D eigenvalue weighted by Gasteiger charge is -2.28. The van der Waals surface area contributed by atoms with E-state index in [-0.39, 0.29) is 6.04 Å². The van der Waals surface area contributed by atoms with Gasteiger partial charge in [-0.15, -0.1) is 0 Å². The molecule has 1 N–H and O–H groups in total. The minimum atomic E-state index is 0.0640. The van der Waals surface area contributed by atoms with Gasteiger partial charge in [-0.3, -0.25) is 10.1 Å². The average Bonchev–Trinajstić information content (AvgIpc) is 3.01. The molecule has 3 heterocycles. The molecule has 4 heteroatoms. The number of rotatable bonds is 4. The normalized spacial score (nSPS) is 40.5. The van der Waals surface area contributed by atoms with Crippen molar-refractivity contribution in [1.29, 1.82) is 0 Å². The topological polar surface area (TPSA) is 41.6 Å². The fraction of sp³-hybridized carbons (Fsp3) is 0.923. The summed E-state index contributed by atoms with van der Waals surface area (Å²) < 4.78 is 5.84. The summed E-state index contributed by atoms with van der Waals surface area (Å²) in [6, 6.07) is 0.412. The number of fused-ring (bicyclic) bond motifs is 2. The maximum atomic E-state index is 12.3. The van der Waals surface area contributed by atoms with Gasteiger partial charge in [0, 0.05) is 0 Å². The molecule has 0 spiro atoms. The van der Waals surface area contributed by atoms with Crippen molar-refractivity contribution in [3.63, 3.8) is 0 Å². The molecule has 4 atom stereocenters. The van der Waals surface area contributed by atoms with Crippen molar-refractivity contribution in [3.05, 3.63) is 0 Å². The van der Waals surface area contributed by atoms with Crippen LogP contribution in [0.4, 0.5) is 0 Å². The van der Waals surface area contributed by atoms with Crippen molar-refractivity contribution in [2.24, 2.45) is 0 Å². The van der Waals surface area contributed by atoms with Crippen LogP contribution in [0.25, 0.3) is 0 Å². The first kappa shape index (κ1) is 11.5. The zero-order valence-electron chi connectivity index (χ0n) is 10.5. The quantitative estimate of drug-likeness (QED) is 0.801. The maximum absolute atomic E-state index is 12.3. The van der Waals surface area contributed by atoms with E-state index in [0.717, 1.165) is 38.8 Å². The third-order valence-electron chi connectivity index (χ3n) is 4.41. The van der Waals surface area contributed by atoms with Gasteiger partial charge in [0.2, 0.25) is 5.91 Å². The Bertz CT molecular complexity index is 308. The maximum Gasteiger partial charge on any atom is 0.241 e. The van der Waals surface area contributed by atoms with E-state index in [4.69, 9.17) is 4.74 Å². The van der Waals surface area contributed by atoms with E-state index in [1.54, 1.807) is 0 Å². The molecule has 3 rings (SSSR count). The highest BCUT2D eigenvalue weighted by molar-refractivity contribution is 5.84. The molecule has 3 fully saturated rings. The third kappa shape index (κ3) is 1.97. The van der Waals surface area contributed by atoms with Gasteiger partial charge in [-0.05, 0) is 25.7 Å². The fourth-order valence-electron chi connectivity index (χ4n) is 3.43. The van der Waals surface area contributed by atoms with Crippen LogP contribution in [0.3, 0.4) is 0 Å². The van der Waals surface area contributed by atoms with Gasteiger partial charge in [0.05, 0.1) is 31.0 Å². The molecule has 0 radical (unpaired) electrons. The summed E-state index contributed by atoms with van der Waals surface area (Å²) in [4.78, 5) is 14.3. The summed E-state index contributed by atoms with van der Waals surface area (Å²) in [7, 11) is 0. The molecular formula is C13H22N2O2. The van der Waals surface area contributed by atoms with Gasteiger partial charge in [0.15, 0.2) is 0 Å². The number of unbranched alkanes of at least 4 members (excludes halogenated alkanes) is 1. The van der Waals surface area contributed by atoms with Gasteiger partial charge in [0.25, 0.3) is 0 Å². The van der Waals surface area contributed by atoms with E-state index in [2.05, 4.69) is 12.2 Å². The first-order valence-corrected chi connectivity index (χ1v) is 6.99. The van der Waals surface area contributed by atoms with E-state index in [1.807, 2.05) is 4.90 Å². The largest absolute Gasteiger partial charge is 0.373 e. The van der Waals surface area contributed by atoms with Crippen LogP contribution in [-0.4, -0.2) is 41.8 Å². The number of amides is 1. The second-order valence-corrected chi connectivity index (χ2v) is 5.54. The Balaban J connectivity index is 1.60. The molecule has 4 unspecified atom stereocenters. The summed E-state index contributed by atoms with van der Waals surface area (Å²) in [6.07, 6.45) is 7.39. The summed E-state index contributed by atoms with van der Waals surface area (Å²) in [5, 5.41) is 3.35. The number of carbonyl (C=O) groups is 1. The zero-order valence-corrected chi connectivity index (χ0v) is 10.5. The standard InChI is InChI=1S/C13H22N2O2/c1-2-3-4-10-13(16)15(8-14-10)11-7-9-5-6-12(11)17-9/h9-12,14H,2-8H2,1H3. The Labute approximate surface area is 103 Å². The lowest BCUT2D eigenvalue weighted by atomic mass is 9.94. The van der Waals surface area contributed by atoms with E-state index in [0.29, 0.717) is 24.2 Å². The highest BCUT2D eigenvalue weighted by atomic mass is 16.5. The summed E-state index contributed by atoms with van der Waals surface area (Å²) in [5.41, 5.74) is 0. The summed E-state index contributed by atoms with van der Waals surface area (Å²) in [6.45, 7) is 2.89. The predicted molar refractivity (Wildman–Crippen MR) is 64.5 cm³/mol. The molecule has 4 nitrogen and oxygen atoms in total. The van der Waals surface area contributed by atoms with Crippen molar-refractivity contribution in [2.45, 2.75) is 69.7 Å². The molecule has 0 saturated carbocycles. The Morgan fingerprint density at radius 3 is 3.00 bits per heavy atom. The monoisotopic (exact) mass is 238 g/mol. The van der Waals surface area contributed by atoms with Crippen LogP contribution in [0.5, 0.6) is 0 Å². The van der Waals surface area contributed by atoms with Gasteiger partial charge in [-0.25, -0.2) is 0 Å². The molecule has 2 bridgehead atoms. The van der Waals surface area contributed by atoms with Gasteiger partial charge in [0.1, 0.15) is 0 Å². The SMILES string of the molecule is CCCCC1NCN(C2CC3CCC2O3)C1=O. The van der Waals surface area contributed by atoms with Crippen LogP contribution in [0, 0.1) is 0 Å². The van der Waals surface area contributed by atoms with Crippen LogP contribution in [0.1, 0.15) is 45.4 Å². The van der Waals surface area contributed by atoms with Gasteiger partial charge in [-0.2, -0.15) is 0 Å². The average molecular weight is 238 g/mol. The Morgan fingerprint density at radius 2 is 2.35 bits per heavy atom. The van der Waals surface area contributed by atoms with Crippen LogP contribution in [0.2, 0.25) is 0 Å². The van der Waals surface area contributed by atoms with Crippen LogP contribution >= 0.6 is 0 Å².